The number of carbonyl (C=O) groups excluding carboxylic acids is 2. The molecule has 3 heterocycles. The van der Waals surface area contributed by atoms with Crippen molar-refractivity contribution in [3.8, 4) is 0 Å². The molecule has 1 saturated heterocycles. The highest BCUT2D eigenvalue weighted by molar-refractivity contribution is 5.88. The van der Waals surface area contributed by atoms with E-state index in [1.54, 1.807) is 9.80 Å². The van der Waals surface area contributed by atoms with Gasteiger partial charge in [-0.15, -0.1) is 0 Å². The van der Waals surface area contributed by atoms with Crippen LogP contribution in [-0.2, 0) is 27.1 Å². The second-order valence-corrected chi connectivity index (χ2v) is 11.7. The largest absolute Gasteiger partial charge is 0.444 e. The van der Waals surface area contributed by atoms with Crippen molar-refractivity contribution >= 4 is 18.0 Å². The van der Waals surface area contributed by atoms with Gasteiger partial charge < -0.3 is 19.1 Å². The highest BCUT2D eigenvalue weighted by Crippen LogP contribution is 2.27. The average molecular weight is 505 g/mol. The minimum Gasteiger partial charge on any atom is -0.444 e. The Morgan fingerprint density at radius 1 is 1.03 bits per heavy atom. The molecular weight excluding hydrogens is 460 g/mol. The first-order chi connectivity index (χ1) is 16.8. The van der Waals surface area contributed by atoms with Crippen molar-refractivity contribution < 1.29 is 23.8 Å². The fourth-order valence-electron chi connectivity index (χ4n) is 4.38. The number of likely N-dealkylation sites (N-methyl/N-ethyl adjacent to an activating group) is 1. The number of amides is 2. The van der Waals surface area contributed by atoms with Crippen LogP contribution >= 0.6 is 0 Å². The summed E-state index contributed by atoms with van der Waals surface area (Å²) in [7, 11) is 2.07. The van der Waals surface area contributed by atoms with Gasteiger partial charge in [-0.3, -0.25) is 9.80 Å². The number of aromatic nitrogens is 1. The molecule has 0 aliphatic carbocycles. The van der Waals surface area contributed by atoms with E-state index in [9.17, 15) is 9.59 Å². The van der Waals surface area contributed by atoms with E-state index in [0.29, 0.717) is 44.6 Å². The number of hydrogen-bond donors (Lipinski definition) is 0. The summed E-state index contributed by atoms with van der Waals surface area (Å²) in [5.41, 5.74) is 0.965. The van der Waals surface area contributed by atoms with E-state index < -0.39 is 11.2 Å². The molecule has 0 unspecified atom stereocenters. The second kappa shape index (κ2) is 11.8. The summed E-state index contributed by atoms with van der Waals surface area (Å²) in [6, 6.07) is 4.40. The van der Waals surface area contributed by atoms with Gasteiger partial charge in [-0.1, -0.05) is 6.07 Å². The van der Waals surface area contributed by atoms with Gasteiger partial charge in [-0.2, -0.15) is 0 Å². The quantitative estimate of drug-likeness (QED) is 0.513. The zero-order chi connectivity index (χ0) is 26.5. The molecule has 1 fully saturated rings. The summed E-state index contributed by atoms with van der Waals surface area (Å²) < 4.78 is 17.0. The van der Waals surface area contributed by atoms with Crippen molar-refractivity contribution in [2.75, 3.05) is 51.3 Å². The van der Waals surface area contributed by atoms with Crippen LogP contribution in [0.1, 0.15) is 65.6 Å². The van der Waals surface area contributed by atoms with Gasteiger partial charge in [0, 0.05) is 44.3 Å². The number of ether oxygens (including phenoxy) is 3. The first-order valence-electron chi connectivity index (χ1n) is 13.1. The molecule has 2 amide bonds. The Bertz CT molecular complexity index is 908. The van der Waals surface area contributed by atoms with Crippen LogP contribution in [0.4, 0.5) is 15.4 Å². The lowest BCUT2D eigenvalue weighted by Gasteiger charge is -2.31. The van der Waals surface area contributed by atoms with Gasteiger partial charge in [-0.25, -0.2) is 14.6 Å². The van der Waals surface area contributed by atoms with Crippen LogP contribution < -0.4 is 4.90 Å². The summed E-state index contributed by atoms with van der Waals surface area (Å²) in [6.07, 6.45) is 2.84. The number of rotatable bonds is 7. The maximum atomic E-state index is 12.7. The number of hydrogen-bond acceptors (Lipinski definition) is 7. The molecule has 0 radical (unpaired) electrons. The number of anilines is 1. The minimum atomic E-state index is -0.542. The molecule has 9 nitrogen and oxygen atoms in total. The summed E-state index contributed by atoms with van der Waals surface area (Å²) in [5, 5.41) is 0. The van der Waals surface area contributed by atoms with Gasteiger partial charge in [0.15, 0.2) is 0 Å². The van der Waals surface area contributed by atoms with Crippen molar-refractivity contribution in [3.63, 3.8) is 0 Å². The van der Waals surface area contributed by atoms with E-state index in [0.717, 1.165) is 43.6 Å². The van der Waals surface area contributed by atoms with Crippen LogP contribution in [0.3, 0.4) is 0 Å². The highest BCUT2D eigenvalue weighted by atomic mass is 16.6. The molecule has 1 atom stereocenters. The van der Waals surface area contributed by atoms with Crippen LogP contribution in [0.5, 0.6) is 0 Å². The van der Waals surface area contributed by atoms with Gasteiger partial charge in [0.2, 0.25) is 0 Å². The third-order valence-corrected chi connectivity index (χ3v) is 6.24. The van der Waals surface area contributed by atoms with Crippen LogP contribution in [0.2, 0.25) is 0 Å². The predicted molar refractivity (Wildman–Crippen MR) is 140 cm³/mol. The summed E-state index contributed by atoms with van der Waals surface area (Å²) in [4.78, 5) is 35.5. The van der Waals surface area contributed by atoms with Gasteiger partial charge in [0.1, 0.15) is 17.0 Å². The monoisotopic (exact) mass is 504 g/mol. The topological polar surface area (TPSA) is 84.4 Å². The van der Waals surface area contributed by atoms with E-state index in [2.05, 4.69) is 18.0 Å². The molecule has 202 valence electrons. The van der Waals surface area contributed by atoms with Crippen molar-refractivity contribution in [1.29, 1.82) is 0 Å². The summed E-state index contributed by atoms with van der Waals surface area (Å²) in [5.74, 6) is 0.712. The molecule has 1 aromatic heterocycles. The Labute approximate surface area is 216 Å². The van der Waals surface area contributed by atoms with Gasteiger partial charge >= 0.3 is 12.2 Å². The van der Waals surface area contributed by atoms with E-state index >= 15 is 0 Å². The van der Waals surface area contributed by atoms with Crippen molar-refractivity contribution in [3.05, 3.63) is 23.4 Å². The number of aryl methyl sites for hydroxylation is 1. The Morgan fingerprint density at radius 3 is 2.42 bits per heavy atom. The Balaban J connectivity index is 1.42. The zero-order valence-electron chi connectivity index (χ0n) is 23.1. The summed E-state index contributed by atoms with van der Waals surface area (Å²) in [6.45, 7) is 15.2. The molecule has 0 saturated carbocycles. The molecular formula is C27H44N4O5. The van der Waals surface area contributed by atoms with Gasteiger partial charge in [0.05, 0.1) is 13.2 Å². The molecule has 2 aliphatic rings. The van der Waals surface area contributed by atoms with E-state index in [1.165, 1.54) is 0 Å². The van der Waals surface area contributed by atoms with Crippen LogP contribution in [0.15, 0.2) is 12.1 Å². The van der Waals surface area contributed by atoms with E-state index in [1.807, 2.05) is 47.6 Å². The number of likely N-dealkylation sites (tertiary alicyclic amines) is 1. The van der Waals surface area contributed by atoms with Crippen molar-refractivity contribution in [2.45, 2.75) is 84.5 Å². The molecule has 0 N–H and O–H groups in total. The van der Waals surface area contributed by atoms with E-state index in [4.69, 9.17) is 19.2 Å². The third-order valence-electron chi connectivity index (χ3n) is 6.24. The molecule has 3 rings (SSSR count). The van der Waals surface area contributed by atoms with Crippen LogP contribution in [0.25, 0.3) is 0 Å². The average Bonchev–Trinajstić information content (AvgIpc) is 3.26. The number of nitrogens with zero attached hydrogens (tertiary/aromatic N) is 4. The van der Waals surface area contributed by atoms with Gasteiger partial charge in [-0.05, 0) is 79.5 Å². The lowest BCUT2D eigenvalue weighted by atomic mass is 10.1. The standard InChI is InChI=1S/C27H44N4O5/c1-26(2,3)35-24(32)30-15-12-22(19-30)29(7)16-18-34-17-13-21-11-10-20-9-8-14-31(23(20)28-21)25(33)36-27(4,5)6/h10-11,22H,8-9,12-19H2,1-7H3/t22-/m1/s1. The Morgan fingerprint density at radius 2 is 1.72 bits per heavy atom. The zero-order valence-corrected chi connectivity index (χ0v) is 23.1. The predicted octanol–water partition coefficient (Wildman–Crippen LogP) is 4.27. The summed E-state index contributed by atoms with van der Waals surface area (Å²) >= 11 is 0. The normalized spacial score (nSPS) is 18.4. The fourth-order valence-corrected chi connectivity index (χ4v) is 4.38. The number of carbonyl (C=O) groups is 2. The third kappa shape index (κ3) is 8.34. The van der Waals surface area contributed by atoms with Crippen molar-refractivity contribution in [2.24, 2.45) is 0 Å². The smallest absolute Gasteiger partial charge is 0.416 e. The molecule has 9 heteroatoms. The molecule has 36 heavy (non-hydrogen) atoms. The van der Waals surface area contributed by atoms with Gasteiger partial charge in [0.25, 0.3) is 0 Å². The second-order valence-electron chi connectivity index (χ2n) is 11.7. The van der Waals surface area contributed by atoms with Crippen molar-refractivity contribution in [1.82, 2.24) is 14.8 Å². The maximum Gasteiger partial charge on any atom is 0.416 e. The van der Waals surface area contributed by atoms with Crippen LogP contribution in [0, 0.1) is 0 Å². The van der Waals surface area contributed by atoms with E-state index in [-0.39, 0.29) is 12.2 Å². The molecule has 1 aromatic rings. The fraction of sp³-hybridized carbons (Fsp3) is 0.741. The first kappa shape index (κ1) is 28.2. The number of pyridine rings is 1. The lowest BCUT2D eigenvalue weighted by molar-refractivity contribution is 0.0278. The highest BCUT2D eigenvalue weighted by Gasteiger charge is 2.32. The molecule has 0 spiro atoms. The Hall–Kier alpha value is -2.39. The molecule has 0 aromatic carbocycles. The van der Waals surface area contributed by atoms with Crippen LogP contribution in [-0.4, -0.2) is 90.7 Å². The number of fused-ring (bicyclic) bond motifs is 1. The maximum absolute atomic E-state index is 12.7. The minimum absolute atomic E-state index is 0.238. The molecule has 2 aliphatic heterocycles. The molecule has 0 bridgehead atoms. The SMILES string of the molecule is CN(CCOCCc1ccc2c(n1)N(C(=O)OC(C)(C)C)CCC2)[C@@H]1CCN(C(=O)OC(C)(C)C)C1. The Kier molecular flexibility index (Phi) is 9.22. The lowest BCUT2D eigenvalue weighted by Crippen LogP contribution is -2.40. The first-order valence-corrected chi connectivity index (χ1v) is 13.1.